The number of thiocarbonyl (C=S) groups is 1. The second-order valence-corrected chi connectivity index (χ2v) is 10.7. The highest BCUT2D eigenvalue weighted by atomic mass is 32.2. The summed E-state index contributed by atoms with van der Waals surface area (Å²) in [6.07, 6.45) is 7.10. The monoisotopic (exact) mass is 552 g/mol. The van der Waals surface area contributed by atoms with Gasteiger partial charge in [0.05, 0.1) is 24.7 Å². The van der Waals surface area contributed by atoms with Gasteiger partial charge >= 0.3 is 0 Å². The lowest BCUT2D eigenvalue weighted by molar-refractivity contribution is -0.122. The molecule has 0 aliphatic carbocycles. The number of carbonyl (C=O) groups is 1. The molecule has 8 nitrogen and oxygen atoms in total. The number of thioether (sulfide) groups is 1. The zero-order valence-electron chi connectivity index (χ0n) is 22.1. The van der Waals surface area contributed by atoms with Gasteiger partial charge in [-0.3, -0.25) is 18.9 Å². The van der Waals surface area contributed by atoms with E-state index in [9.17, 15) is 9.59 Å². The molecule has 0 unspecified atom stereocenters. The van der Waals surface area contributed by atoms with Crippen molar-refractivity contribution in [2.75, 3.05) is 32.6 Å². The van der Waals surface area contributed by atoms with E-state index in [1.165, 1.54) is 16.2 Å². The van der Waals surface area contributed by atoms with Crippen molar-refractivity contribution in [2.24, 2.45) is 0 Å². The first-order valence-electron chi connectivity index (χ1n) is 12.6. The number of aromatic nitrogens is 2. The van der Waals surface area contributed by atoms with Crippen LogP contribution in [0, 0.1) is 6.92 Å². The number of benzene rings is 1. The molecule has 2 aromatic heterocycles. The molecule has 1 N–H and O–H groups in total. The molecule has 1 saturated heterocycles. The number of nitrogens with one attached hydrogen (secondary N) is 1. The number of anilines is 1. The van der Waals surface area contributed by atoms with Crippen molar-refractivity contribution in [3.8, 4) is 11.5 Å². The number of aryl methyl sites for hydroxylation is 1. The van der Waals surface area contributed by atoms with Crippen LogP contribution in [0.25, 0.3) is 11.7 Å². The molecule has 10 heteroatoms. The summed E-state index contributed by atoms with van der Waals surface area (Å²) in [6, 6.07) is 9.42. The summed E-state index contributed by atoms with van der Waals surface area (Å²) < 4.78 is 12.7. The lowest BCUT2D eigenvalue weighted by atomic mass is 10.1. The Bertz CT molecular complexity index is 1450. The smallest absolute Gasteiger partial charge is 0.267 e. The van der Waals surface area contributed by atoms with Crippen LogP contribution in [-0.4, -0.2) is 51.8 Å². The van der Waals surface area contributed by atoms with Crippen LogP contribution < -0.4 is 20.3 Å². The van der Waals surface area contributed by atoms with E-state index in [1.54, 1.807) is 31.4 Å². The van der Waals surface area contributed by atoms with Crippen LogP contribution in [0.4, 0.5) is 5.82 Å². The summed E-state index contributed by atoms with van der Waals surface area (Å²) in [4.78, 5) is 33.6. The highest BCUT2D eigenvalue weighted by Gasteiger charge is 2.32. The second-order valence-electron chi connectivity index (χ2n) is 9.02. The second kappa shape index (κ2) is 12.4. The van der Waals surface area contributed by atoms with Crippen molar-refractivity contribution < 1.29 is 14.3 Å². The Kier molecular flexibility index (Phi) is 9.06. The fourth-order valence-electron chi connectivity index (χ4n) is 4.21. The average Bonchev–Trinajstić information content (AvgIpc) is 3.19. The molecule has 0 radical (unpaired) electrons. The number of nitrogens with zero attached hydrogens (tertiary/aromatic N) is 3. The number of pyridine rings is 1. The van der Waals surface area contributed by atoms with E-state index in [4.69, 9.17) is 26.7 Å². The Labute approximate surface area is 232 Å². The van der Waals surface area contributed by atoms with Gasteiger partial charge < -0.3 is 14.8 Å². The van der Waals surface area contributed by atoms with Gasteiger partial charge in [0.25, 0.3) is 11.5 Å². The highest BCUT2D eigenvalue weighted by Crippen LogP contribution is 2.34. The summed E-state index contributed by atoms with van der Waals surface area (Å²) in [5.41, 5.74) is 2.61. The van der Waals surface area contributed by atoms with E-state index in [0.717, 1.165) is 30.4 Å². The molecule has 3 aromatic rings. The number of ether oxygens (including phenoxy) is 2. The Morgan fingerprint density at radius 1 is 1.11 bits per heavy atom. The molecule has 1 aliphatic heterocycles. The minimum absolute atomic E-state index is 0.217. The highest BCUT2D eigenvalue weighted by molar-refractivity contribution is 8.26. The normalized spacial score (nSPS) is 14.5. The van der Waals surface area contributed by atoms with Crippen LogP contribution in [0.5, 0.6) is 11.5 Å². The quantitative estimate of drug-likeness (QED) is 0.201. The molecule has 0 spiro atoms. The molecule has 0 saturated carbocycles. The van der Waals surface area contributed by atoms with E-state index in [-0.39, 0.29) is 11.5 Å². The SMILES string of the molecule is CCCCCNc1nc2ccc(C)cn2c(=O)c1C=C1SC(=S)N(CCc2ccc(OC)c(OC)c2)C1=O. The zero-order valence-corrected chi connectivity index (χ0v) is 23.7. The Hall–Kier alpha value is -3.37. The fraction of sp³-hybridized carbons (Fsp3) is 0.357. The van der Waals surface area contributed by atoms with Gasteiger partial charge in [0.1, 0.15) is 15.8 Å². The van der Waals surface area contributed by atoms with E-state index in [1.807, 2.05) is 37.3 Å². The van der Waals surface area contributed by atoms with E-state index >= 15 is 0 Å². The van der Waals surface area contributed by atoms with Crippen molar-refractivity contribution in [3.05, 3.63) is 68.5 Å². The summed E-state index contributed by atoms with van der Waals surface area (Å²) in [7, 11) is 3.18. The number of rotatable bonds is 11. The molecule has 0 atom stereocenters. The minimum atomic E-state index is -0.229. The summed E-state index contributed by atoms with van der Waals surface area (Å²) in [5, 5.41) is 3.32. The first-order chi connectivity index (χ1) is 18.4. The van der Waals surface area contributed by atoms with E-state index in [0.29, 0.717) is 57.3 Å². The zero-order chi connectivity index (χ0) is 27.2. The minimum Gasteiger partial charge on any atom is -0.493 e. The average molecular weight is 553 g/mol. The molecular weight excluding hydrogens is 520 g/mol. The first-order valence-corrected chi connectivity index (χ1v) is 13.8. The fourth-order valence-corrected chi connectivity index (χ4v) is 5.50. The number of carbonyl (C=O) groups excluding carboxylic acids is 1. The third-order valence-corrected chi connectivity index (χ3v) is 7.68. The van der Waals surface area contributed by atoms with Crippen LogP contribution in [0.2, 0.25) is 0 Å². The standard InChI is InChI=1S/C28H32N4O4S2/c1-5-6-7-13-29-25-20(26(33)32-17-18(2)8-11-24(32)30-25)16-23-27(34)31(28(37)38-23)14-12-19-9-10-21(35-3)22(15-19)36-4/h8-11,15-17,29H,5-7,12-14H2,1-4H3. The first kappa shape index (κ1) is 27.7. The maximum atomic E-state index is 13.5. The van der Waals surface area contributed by atoms with Gasteiger partial charge in [-0.05, 0) is 55.2 Å². The van der Waals surface area contributed by atoms with Crippen molar-refractivity contribution >= 4 is 51.7 Å². The van der Waals surface area contributed by atoms with Gasteiger partial charge in [-0.1, -0.05) is 55.9 Å². The van der Waals surface area contributed by atoms with Gasteiger partial charge in [0.15, 0.2) is 11.5 Å². The molecule has 4 rings (SSSR count). The lowest BCUT2D eigenvalue weighted by Gasteiger charge is -2.15. The van der Waals surface area contributed by atoms with Gasteiger partial charge in [0.2, 0.25) is 0 Å². The van der Waals surface area contributed by atoms with Gasteiger partial charge in [-0.25, -0.2) is 4.98 Å². The topological polar surface area (TPSA) is 85.2 Å². The third kappa shape index (κ3) is 6.02. The molecule has 1 aromatic carbocycles. The Morgan fingerprint density at radius 3 is 2.63 bits per heavy atom. The van der Waals surface area contributed by atoms with Crippen molar-refractivity contribution in [1.82, 2.24) is 14.3 Å². The number of hydrogen-bond donors (Lipinski definition) is 1. The third-order valence-electron chi connectivity index (χ3n) is 6.30. The molecule has 200 valence electrons. The lowest BCUT2D eigenvalue weighted by Crippen LogP contribution is -2.30. The number of unbranched alkanes of at least 4 members (excludes halogenated alkanes) is 2. The summed E-state index contributed by atoms with van der Waals surface area (Å²) >= 11 is 6.75. The predicted molar refractivity (Wildman–Crippen MR) is 157 cm³/mol. The number of amides is 1. The van der Waals surface area contributed by atoms with Gasteiger partial charge in [-0.15, -0.1) is 0 Å². The van der Waals surface area contributed by atoms with Crippen LogP contribution in [0.3, 0.4) is 0 Å². The largest absolute Gasteiger partial charge is 0.493 e. The van der Waals surface area contributed by atoms with Crippen LogP contribution in [-0.2, 0) is 11.2 Å². The number of methoxy groups -OCH3 is 2. The molecular formula is C28H32N4O4S2. The van der Waals surface area contributed by atoms with Crippen LogP contribution in [0.15, 0.2) is 46.2 Å². The summed E-state index contributed by atoms with van der Waals surface area (Å²) in [5.74, 6) is 1.54. The molecule has 1 amide bonds. The molecule has 1 aliphatic rings. The maximum absolute atomic E-state index is 13.5. The van der Waals surface area contributed by atoms with Gasteiger partial charge in [-0.2, -0.15) is 0 Å². The molecule has 1 fully saturated rings. The van der Waals surface area contributed by atoms with Crippen LogP contribution >= 0.6 is 24.0 Å². The van der Waals surface area contributed by atoms with Crippen molar-refractivity contribution in [2.45, 2.75) is 39.5 Å². The molecule has 0 bridgehead atoms. The molecule has 38 heavy (non-hydrogen) atoms. The van der Waals surface area contributed by atoms with Gasteiger partial charge in [0, 0.05) is 19.3 Å². The van der Waals surface area contributed by atoms with Crippen molar-refractivity contribution in [1.29, 1.82) is 0 Å². The Morgan fingerprint density at radius 2 is 1.89 bits per heavy atom. The maximum Gasteiger partial charge on any atom is 0.267 e. The van der Waals surface area contributed by atoms with Crippen LogP contribution in [0.1, 0.15) is 42.9 Å². The number of hydrogen-bond acceptors (Lipinski definition) is 8. The number of fused-ring (bicyclic) bond motifs is 1. The van der Waals surface area contributed by atoms with E-state index in [2.05, 4.69) is 12.2 Å². The van der Waals surface area contributed by atoms with E-state index < -0.39 is 0 Å². The van der Waals surface area contributed by atoms with Crippen molar-refractivity contribution in [3.63, 3.8) is 0 Å². The summed E-state index contributed by atoms with van der Waals surface area (Å²) in [6.45, 7) is 5.16. The predicted octanol–water partition coefficient (Wildman–Crippen LogP) is 5.07. The Balaban J connectivity index is 1.61. The molecule has 3 heterocycles.